The van der Waals surface area contributed by atoms with Crippen molar-refractivity contribution in [3.8, 4) is 5.88 Å². The van der Waals surface area contributed by atoms with Gasteiger partial charge in [0, 0.05) is 6.42 Å². The van der Waals surface area contributed by atoms with Gasteiger partial charge in [-0.1, -0.05) is 13.8 Å². The Balaban J connectivity index is 3.64. The second-order valence-corrected chi connectivity index (χ2v) is 2.84. The molecule has 1 aromatic rings. The van der Waals surface area contributed by atoms with E-state index in [0.717, 1.165) is 0 Å². The largest absolute Gasteiger partial charge is 0.616 e. The maximum Gasteiger partial charge on any atom is 0.401 e. The summed E-state index contributed by atoms with van der Waals surface area (Å²) in [6, 6.07) is 0. The molecule has 0 aliphatic rings. The van der Waals surface area contributed by atoms with Crippen LogP contribution in [0.2, 0.25) is 0 Å². The summed E-state index contributed by atoms with van der Waals surface area (Å²) in [7, 11) is 0. The van der Waals surface area contributed by atoms with Crippen molar-refractivity contribution in [1.82, 2.24) is 4.73 Å². The fourth-order valence-corrected chi connectivity index (χ4v) is 1.27. The Labute approximate surface area is 80.2 Å². The topological polar surface area (TPSA) is 89.4 Å². The normalized spacial score (nSPS) is 10.4. The van der Waals surface area contributed by atoms with Gasteiger partial charge in [-0.15, -0.1) is 9.46 Å². The zero-order valence-electron chi connectivity index (χ0n) is 8.02. The molecule has 2 N–H and O–H groups in total. The zero-order chi connectivity index (χ0) is 10.9. The average Bonchev–Trinajstić information content (AvgIpc) is 2.17. The number of hydrogen-bond acceptors (Lipinski definition) is 4. The molecule has 6 heteroatoms. The van der Waals surface area contributed by atoms with Gasteiger partial charge >= 0.3 is 11.4 Å². The molecule has 0 aliphatic carbocycles. The minimum atomic E-state index is -0.780. The van der Waals surface area contributed by atoms with E-state index in [-0.39, 0.29) is 29.0 Å². The van der Waals surface area contributed by atoms with E-state index in [9.17, 15) is 20.3 Å². The highest BCUT2D eigenvalue weighted by atomic mass is 16.5. The van der Waals surface area contributed by atoms with Gasteiger partial charge in [-0.3, -0.25) is 4.79 Å². The van der Waals surface area contributed by atoms with E-state index in [2.05, 4.69) is 0 Å². The minimum absolute atomic E-state index is 0.0813. The van der Waals surface area contributed by atoms with Gasteiger partial charge in [-0.05, 0) is 6.42 Å². The summed E-state index contributed by atoms with van der Waals surface area (Å²) in [5, 5.41) is 29.9. The summed E-state index contributed by atoms with van der Waals surface area (Å²) in [4.78, 5) is 11.3. The van der Waals surface area contributed by atoms with Gasteiger partial charge in [0.2, 0.25) is 0 Å². The number of aromatic nitrogens is 2. The first-order valence-corrected chi connectivity index (χ1v) is 4.33. The smallest absolute Gasteiger partial charge is 0.401 e. The van der Waals surface area contributed by atoms with Crippen molar-refractivity contribution in [2.45, 2.75) is 26.7 Å². The number of rotatable bonds is 2. The molecule has 0 spiro atoms. The lowest BCUT2D eigenvalue weighted by atomic mass is 10.3. The lowest BCUT2D eigenvalue weighted by Crippen LogP contribution is -2.43. The van der Waals surface area contributed by atoms with E-state index >= 15 is 0 Å². The molecule has 1 heterocycles. The molecule has 1 aromatic heterocycles. The molecule has 0 bridgehead atoms. The van der Waals surface area contributed by atoms with Crippen LogP contribution in [0.25, 0.3) is 0 Å². The van der Waals surface area contributed by atoms with Gasteiger partial charge in [0.25, 0.3) is 5.69 Å². The molecule has 0 fully saturated rings. The van der Waals surface area contributed by atoms with Crippen molar-refractivity contribution in [1.29, 1.82) is 0 Å². The third-order valence-electron chi connectivity index (χ3n) is 2.06. The third kappa shape index (κ3) is 1.28. The molecule has 0 saturated heterocycles. The molecule has 1 rings (SSSR count). The maximum absolute atomic E-state index is 11.3. The van der Waals surface area contributed by atoms with Crippen LogP contribution in [0, 0.1) is 5.21 Å². The van der Waals surface area contributed by atoms with Gasteiger partial charge in [-0.25, -0.2) is 0 Å². The van der Waals surface area contributed by atoms with Crippen LogP contribution in [0.5, 0.6) is 5.88 Å². The lowest BCUT2D eigenvalue weighted by Gasteiger charge is -2.09. The van der Waals surface area contributed by atoms with Crippen molar-refractivity contribution in [2.24, 2.45) is 0 Å². The van der Waals surface area contributed by atoms with E-state index < -0.39 is 11.4 Å². The number of nitrogens with zero attached hydrogens (tertiary/aromatic N) is 2. The van der Waals surface area contributed by atoms with Crippen LogP contribution < -0.4 is 10.3 Å². The summed E-state index contributed by atoms with van der Waals surface area (Å²) < 4.78 is 0.483. The Morgan fingerprint density at radius 3 is 2.43 bits per heavy atom. The van der Waals surface area contributed by atoms with E-state index in [4.69, 9.17) is 0 Å². The molecular weight excluding hydrogens is 188 g/mol. The molecule has 14 heavy (non-hydrogen) atoms. The summed E-state index contributed by atoms with van der Waals surface area (Å²) in [5.74, 6) is -0.619. The average molecular weight is 200 g/mol. The lowest BCUT2D eigenvalue weighted by molar-refractivity contribution is -0.624. The molecule has 78 valence electrons. The van der Waals surface area contributed by atoms with Gasteiger partial charge < -0.3 is 15.5 Å². The SMILES string of the molecule is CCc1c(O)[n+]([O-])c(CC)c(=O)n1O. The maximum atomic E-state index is 11.3. The quantitative estimate of drug-likeness (QED) is 0.384. The second-order valence-electron chi connectivity index (χ2n) is 2.84. The highest BCUT2D eigenvalue weighted by molar-refractivity contribution is 5.13. The highest BCUT2D eigenvalue weighted by Crippen LogP contribution is 2.09. The predicted octanol–water partition coefficient (Wildman–Crippen LogP) is -0.451. The van der Waals surface area contributed by atoms with Gasteiger partial charge in [0.15, 0.2) is 5.69 Å². The Morgan fingerprint density at radius 1 is 1.43 bits per heavy atom. The number of aromatic hydroxyl groups is 1. The van der Waals surface area contributed by atoms with E-state index in [1.807, 2.05) is 0 Å². The molecule has 0 unspecified atom stereocenters. The third-order valence-corrected chi connectivity index (χ3v) is 2.06. The minimum Gasteiger partial charge on any atom is -0.616 e. The van der Waals surface area contributed by atoms with Crippen molar-refractivity contribution in [2.75, 3.05) is 0 Å². The molecular formula is C8H12N2O4. The first-order chi connectivity index (χ1) is 6.54. The highest BCUT2D eigenvalue weighted by Gasteiger charge is 2.23. The zero-order valence-corrected chi connectivity index (χ0v) is 8.02. The van der Waals surface area contributed by atoms with E-state index in [1.54, 1.807) is 13.8 Å². The molecule has 0 amide bonds. The van der Waals surface area contributed by atoms with Crippen LogP contribution >= 0.6 is 0 Å². The fourth-order valence-electron chi connectivity index (χ4n) is 1.27. The van der Waals surface area contributed by atoms with Gasteiger partial charge in [0.05, 0.1) is 0 Å². The van der Waals surface area contributed by atoms with Gasteiger partial charge in [-0.2, -0.15) is 0 Å². The summed E-state index contributed by atoms with van der Waals surface area (Å²) in [5.41, 5.74) is -1.04. The molecule has 0 saturated carbocycles. The number of hydrogen-bond donors (Lipinski definition) is 2. The summed E-state index contributed by atoms with van der Waals surface area (Å²) >= 11 is 0. The molecule has 0 aromatic carbocycles. The fraction of sp³-hybridized carbons (Fsp3) is 0.500. The van der Waals surface area contributed by atoms with Crippen molar-refractivity contribution in [3.05, 3.63) is 26.9 Å². The Bertz CT molecular complexity index is 411. The van der Waals surface area contributed by atoms with Crippen LogP contribution in [0.3, 0.4) is 0 Å². The monoisotopic (exact) mass is 200 g/mol. The van der Waals surface area contributed by atoms with Crippen molar-refractivity contribution in [3.63, 3.8) is 0 Å². The summed E-state index contributed by atoms with van der Waals surface area (Å²) in [6.45, 7) is 3.21. The Hall–Kier alpha value is -1.72. The van der Waals surface area contributed by atoms with Crippen LogP contribution in [0.15, 0.2) is 4.79 Å². The molecule has 0 radical (unpaired) electrons. The van der Waals surface area contributed by atoms with Crippen LogP contribution in [-0.4, -0.2) is 15.0 Å². The van der Waals surface area contributed by atoms with Crippen LogP contribution in [0.1, 0.15) is 25.2 Å². The Morgan fingerprint density at radius 2 is 2.00 bits per heavy atom. The van der Waals surface area contributed by atoms with Crippen LogP contribution in [0.4, 0.5) is 0 Å². The predicted molar refractivity (Wildman–Crippen MR) is 47.3 cm³/mol. The molecule has 0 atom stereocenters. The first-order valence-electron chi connectivity index (χ1n) is 4.33. The summed E-state index contributed by atoms with van der Waals surface area (Å²) in [6.07, 6.45) is 0.351. The van der Waals surface area contributed by atoms with Crippen molar-refractivity contribution < 1.29 is 15.0 Å². The van der Waals surface area contributed by atoms with Gasteiger partial charge in [0.1, 0.15) is 0 Å². The first kappa shape index (κ1) is 10.4. The second kappa shape index (κ2) is 3.57. The van der Waals surface area contributed by atoms with Crippen molar-refractivity contribution >= 4 is 0 Å². The standard InChI is InChI=1S/C8H12N2O4/c1-3-5-7(11)10(14)6(4-2)8(12)9(5)13/h11,13H,3-4H2,1-2H3. The molecule has 6 nitrogen and oxygen atoms in total. The molecule has 0 aliphatic heterocycles. The van der Waals surface area contributed by atoms with E-state index in [1.165, 1.54) is 0 Å². The Kier molecular flexibility index (Phi) is 2.64. The van der Waals surface area contributed by atoms with E-state index in [0.29, 0.717) is 4.73 Å². The van der Waals surface area contributed by atoms with Crippen LogP contribution in [-0.2, 0) is 12.8 Å².